The van der Waals surface area contributed by atoms with E-state index in [1.165, 1.54) is 12.1 Å². The molecule has 0 aliphatic carbocycles. The molecule has 2 amide bonds. The molecule has 10 nitrogen and oxygen atoms in total. The summed E-state index contributed by atoms with van der Waals surface area (Å²) in [5.74, 6) is -1.46. The first-order valence-electron chi connectivity index (χ1n) is 11.8. The summed E-state index contributed by atoms with van der Waals surface area (Å²) in [4.78, 5) is 35.5. The molecule has 190 valence electrons. The lowest BCUT2D eigenvalue weighted by atomic mass is 9.93. The molecule has 1 aromatic carbocycles. The Morgan fingerprint density at radius 3 is 2.32 bits per heavy atom. The highest BCUT2D eigenvalue weighted by Crippen LogP contribution is 2.17. The van der Waals surface area contributed by atoms with Gasteiger partial charge < -0.3 is 21.1 Å². The smallest absolute Gasteiger partial charge is 0.323 e. The first kappa shape index (κ1) is 27.7. The molecule has 1 fully saturated rings. The van der Waals surface area contributed by atoms with Gasteiger partial charge in [0.1, 0.15) is 6.04 Å². The molecule has 1 saturated heterocycles. The molecule has 0 radical (unpaired) electrons. The topological polar surface area (TPSA) is 154 Å². The first-order valence-corrected chi connectivity index (χ1v) is 13.3. The van der Waals surface area contributed by atoms with Gasteiger partial charge in [0.2, 0.25) is 21.8 Å². The summed E-state index contributed by atoms with van der Waals surface area (Å²) in [6.07, 6.45) is 5.07. The fourth-order valence-electron chi connectivity index (χ4n) is 3.77. The Kier molecular flexibility index (Phi) is 11.4. The number of aliphatic carboxylic acids is 1. The molecule has 0 spiro atoms. The van der Waals surface area contributed by atoms with Gasteiger partial charge in [0.15, 0.2) is 0 Å². The summed E-state index contributed by atoms with van der Waals surface area (Å²) in [6, 6.07) is 4.72. The minimum Gasteiger partial charge on any atom is -0.480 e. The zero-order valence-electron chi connectivity index (χ0n) is 19.6. The molecule has 0 bridgehead atoms. The maximum atomic E-state index is 12.5. The van der Waals surface area contributed by atoms with E-state index in [2.05, 4.69) is 20.7 Å². The van der Waals surface area contributed by atoms with Crippen LogP contribution in [0.5, 0.6) is 0 Å². The largest absolute Gasteiger partial charge is 0.480 e. The number of rotatable bonds is 14. The standard InChI is InChI=1S/C23H36N4O6S/c1-2-3-17-4-7-19(8-5-17)34(32,33)27-20(23(30)31)16-26-22(29)12-15-25-21(28)9-6-18-10-13-24-14-11-18/h4-5,7-8,18,20,24,27H,2-3,6,9-16H2,1H3,(H,25,28)(H,26,29)(H,30,31)/t20-/m0/s1. The summed E-state index contributed by atoms with van der Waals surface area (Å²) in [6.45, 7) is 3.69. The number of carboxylic acid groups (broad SMARTS) is 1. The molecule has 1 heterocycles. The van der Waals surface area contributed by atoms with E-state index in [1.54, 1.807) is 12.1 Å². The third kappa shape index (κ3) is 9.78. The van der Waals surface area contributed by atoms with Crippen molar-refractivity contribution in [1.82, 2.24) is 20.7 Å². The molecule has 11 heteroatoms. The SMILES string of the molecule is CCCc1ccc(S(=O)(=O)N[C@@H](CNC(=O)CCNC(=O)CCC2CCNCC2)C(=O)O)cc1. The minimum atomic E-state index is -4.07. The fraction of sp³-hybridized carbons (Fsp3) is 0.609. The first-order chi connectivity index (χ1) is 16.2. The highest BCUT2D eigenvalue weighted by molar-refractivity contribution is 7.89. The molecular weight excluding hydrogens is 460 g/mol. The van der Waals surface area contributed by atoms with Gasteiger partial charge in [-0.1, -0.05) is 25.5 Å². The fourth-order valence-corrected chi connectivity index (χ4v) is 4.96. The number of sulfonamides is 1. The lowest BCUT2D eigenvalue weighted by Crippen LogP contribution is -2.48. The maximum Gasteiger partial charge on any atom is 0.323 e. The highest BCUT2D eigenvalue weighted by Gasteiger charge is 2.26. The quantitative estimate of drug-likeness (QED) is 0.255. The molecule has 1 atom stereocenters. The Morgan fingerprint density at radius 2 is 1.71 bits per heavy atom. The predicted molar refractivity (Wildman–Crippen MR) is 128 cm³/mol. The van der Waals surface area contributed by atoms with Gasteiger partial charge in [-0.3, -0.25) is 14.4 Å². The van der Waals surface area contributed by atoms with Crippen LogP contribution in [0.1, 0.15) is 51.0 Å². The Labute approximate surface area is 201 Å². The Hall–Kier alpha value is -2.50. The van der Waals surface area contributed by atoms with Gasteiger partial charge >= 0.3 is 5.97 Å². The second-order valence-electron chi connectivity index (χ2n) is 8.54. The lowest BCUT2D eigenvalue weighted by molar-refractivity contribution is -0.138. The zero-order chi connectivity index (χ0) is 25.0. The molecular formula is C23H36N4O6S. The van der Waals surface area contributed by atoms with Crippen molar-refractivity contribution in [3.8, 4) is 0 Å². The number of nitrogens with one attached hydrogen (secondary N) is 4. The van der Waals surface area contributed by atoms with Gasteiger partial charge in [0, 0.05) is 25.9 Å². The van der Waals surface area contributed by atoms with Gasteiger partial charge in [-0.25, -0.2) is 8.42 Å². The molecule has 1 aliphatic heterocycles. The van der Waals surface area contributed by atoms with E-state index in [4.69, 9.17) is 0 Å². The Morgan fingerprint density at radius 1 is 1.06 bits per heavy atom. The Bertz CT molecular complexity index is 914. The van der Waals surface area contributed by atoms with Crippen LogP contribution in [0.2, 0.25) is 0 Å². The summed E-state index contributed by atoms with van der Waals surface area (Å²) < 4.78 is 27.2. The number of hydrogen-bond donors (Lipinski definition) is 5. The van der Waals surface area contributed by atoms with Crippen LogP contribution >= 0.6 is 0 Å². The highest BCUT2D eigenvalue weighted by atomic mass is 32.2. The number of carbonyl (C=O) groups excluding carboxylic acids is 2. The van der Waals surface area contributed by atoms with E-state index in [9.17, 15) is 27.9 Å². The number of aryl methyl sites for hydroxylation is 1. The van der Waals surface area contributed by atoms with Crippen LogP contribution < -0.4 is 20.7 Å². The number of carboxylic acids is 1. The van der Waals surface area contributed by atoms with E-state index in [0.717, 1.165) is 50.8 Å². The van der Waals surface area contributed by atoms with Crippen molar-refractivity contribution in [1.29, 1.82) is 0 Å². The van der Waals surface area contributed by atoms with Crippen molar-refractivity contribution < 1.29 is 27.9 Å². The predicted octanol–water partition coefficient (Wildman–Crippen LogP) is 0.773. The average molecular weight is 497 g/mol. The average Bonchev–Trinajstić information content (AvgIpc) is 2.81. The summed E-state index contributed by atoms with van der Waals surface area (Å²) >= 11 is 0. The van der Waals surface area contributed by atoms with Crippen LogP contribution in [0.4, 0.5) is 0 Å². The van der Waals surface area contributed by atoms with Crippen LogP contribution in [0.15, 0.2) is 29.2 Å². The summed E-state index contributed by atoms with van der Waals surface area (Å²) in [5.41, 5.74) is 0.988. The number of amides is 2. The van der Waals surface area contributed by atoms with Gasteiger partial charge in [-0.15, -0.1) is 0 Å². The molecule has 1 aromatic rings. The monoisotopic (exact) mass is 496 g/mol. The number of carbonyl (C=O) groups is 3. The van der Waals surface area contributed by atoms with Gasteiger partial charge in [-0.05, 0) is 62.4 Å². The molecule has 34 heavy (non-hydrogen) atoms. The third-order valence-electron chi connectivity index (χ3n) is 5.78. The van der Waals surface area contributed by atoms with Crippen molar-refractivity contribution in [2.24, 2.45) is 5.92 Å². The van der Waals surface area contributed by atoms with Gasteiger partial charge in [0.05, 0.1) is 4.90 Å². The van der Waals surface area contributed by atoms with Crippen molar-refractivity contribution in [2.45, 2.75) is 62.8 Å². The molecule has 0 saturated carbocycles. The molecule has 2 rings (SSSR count). The zero-order valence-corrected chi connectivity index (χ0v) is 20.5. The van der Waals surface area contributed by atoms with Gasteiger partial charge in [-0.2, -0.15) is 4.72 Å². The molecule has 5 N–H and O–H groups in total. The van der Waals surface area contributed by atoms with Crippen LogP contribution in [0.25, 0.3) is 0 Å². The second kappa shape index (κ2) is 14.0. The van der Waals surface area contributed by atoms with Crippen molar-refractivity contribution in [3.63, 3.8) is 0 Å². The Balaban J connectivity index is 1.73. The maximum absolute atomic E-state index is 12.5. The minimum absolute atomic E-state index is 0.0307. The lowest BCUT2D eigenvalue weighted by Gasteiger charge is -2.22. The third-order valence-corrected chi connectivity index (χ3v) is 7.27. The molecule has 0 aromatic heterocycles. The van der Waals surface area contributed by atoms with E-state index in [-0.39, 0.29) is 23.8 Å². The molecule has 1 aliphatic rings. The van der Waals surface area contributed by atoms with Crippen molar-refractivity contribution in [3.05, 3.63) is 29.8 Å². The second-order valence-corrected chi connectivity index (χ2v) is 10.3. The van der Waals surface area contributed by atoms with Crippen LogP contribution in [0.3, 0.4) is 0 Å². The van der Waals surface area contributed by atoms with E-state index >= 15 is 0 Å². The number of benzene rings is 1. The van der Waals surface area contributed by atoms with Crippen molar-refractivity contribution >= 4 is 27.8 Å². The summed E-state index contributed by atoms with van der Waals surface area (Å²) in [7, 11) is -4.07. The normalized spacial score (nSPS) is 15.4. The number of piperidine rings is 1. The number of hydrogen-bond acceptors (Lipinski definition) is 6. The van der Waals surface area contributed by atoms with E-state index in [1.807, 2.05) is 6.92 Å². The van der Waals surface area contributed by atoms with Crippen LogP contribution in [-0.2, 0) is 30.8 Å². The van der Waals surface area contributed by atoms with E-state index < -0.39 is 34.5 Å². The van der Waals surface area contributed by atoms with Gasteiger partial charge in [0.25, 0.3) is 0 Å². The van der Waals surface area contributed by atoms with Crippen LogP contribution in [0, 0.1) is 5.92 Å². The summed E-state index contributed by atoms with van der Waals surface area (Å²) in [5, 5.41) is 17.8. The van der Waals surface area contributed by atoms with E-state index in [0.29, 0.717) is 12.3 Å². The molecule has 0 unspecified atom stereocenters. The van der Waals surface area contributed by atoms with Crippen molar-refractivity contribution in [2.75, 3.05) is 26.2 Å². The van der Waals surface area contributed by atoms with Crippen LogP contribution in [-0.4, -0.2) is 63.5 Å².